The highest BCUT2D eigenvalue weighted by Gasteiger charge is 2.25. The molecular formula is C23H33F3. The van der Waals surface area contributed by atoms with Gasteiger partial charge in [-0.2, -0.15) is 13.2 Å². The Morgan fingerprint density at radius 1 is 0.962 bits per heavy atom. The van der Waals surface area contributed by atoms with Crippen molar-refractivity contribution in [2.45, 2.75) is 89.6 Å². The molecule has 0 unspecified atom stereocenters. The Hall–Kier alpha value is -1.25. The minimum atomic E-state index is -4.07. The van der Waals surface area contributed by atoms with Gasteiger partial charge in [0.2, 0.25) is 0 Å². The molecule has 0 amide bonds. The summed E-state index contributed by atoms with van der Waals surface area (Å²) in [6, 6.07) is 8.40. The second-order valence-electron chi connectivity index (χ2n) is 7.79. The van der Waals surface area contributed by atoms with Crippen molar-refractivity contribution in [3.8, 4) is 0 Å². The van der Waals surface area contributed by atoms with Crippen LogP contribution in [0.4, 0.5) is 13.2 Å². The second-order valence-corrected chi connectivity index (χ2v) is 7.79. The van der Waals surface area contributed by atoms with Crippen LogP contribution in [0.3, 0.4) is 0 Å². The molecule has 1 aliphatic carbocycles. The van der Waals surface area contributed by atoms with Crippen LogP contribution in [0.15, 0.2) is 30.3 Å². The van der Waals surface area contributed by atoms with Crippen molar-refractivity contribution < 1.29 is 13.2 Å². The smallest absolute Gasteiger partial charge is 0.171 e. The number of hydrogen-bond acceptors (Lipinski definition) is 0. The fraction of sp³-hybridized carbons (Fsp3) is 0.652. The van der Waals surface area contributed by atoms with E-state index in [1.165, 1.54) is 63.4 Å². The molecule has 1 saturated carbocycles. The fourth-order valence-electron chi connectivity index (χ4n) is 3.99. The van der Waals surface area contributed by atoms with Crippen molar-refractivity contribution in [1.29, 1.82) is 0 Å². The predicted molar refractivity (Wildman–Crippen MR) is 104 cm³/mol. The molecular weight excluding hydrogens is 333 g/mol. The highest BCUT2D eigenvalue weighted by Crippen LogP contribution is 2.37. The monoisotopic (exact) mass is 366 g/mol. The van der Waals surface area contributed by atoms with Crippen LogP contribution in [0, 0.1) is 5.92 Å². The molecule has 3 heteroatoms. The summed E-state index contributed by atoms with van der Waals surface area (Å²) in [5.74, 6) is 1.57. The largest absolute Gasteiger partial charge is 0.389 e. The SMILES string of the molecule is CCCCCCC1CCC(c2ccc(/C=C/CCC(F)(F)F)cc2)CC1. The molecule has 0 atom stereocenters. The van der Waals surface area contributed by atoms with Crippen LogP contribution >= 0.6 is 0 Å². The first-order chi connectivity index (χ1) is 12.5. The van der Waals surface area contributed by atoms with E-state index in [-0.39, 0.29) is 6.42 Å². The van der Waals surface area contributed by atoms with Crippen LogP contribution in [0.2, 0.25) is 0 Å². The Labute approximate surface area is 156 Å². The summed E-state index contributed by atoms with van der Waals surface area (Å²) in [6.07, 6.45) is 10.7. The van der Waals surface area contributed by atoms with E-state index in [9.17, 15) is 13.2 Å². The molecule has 0 spiro atoms. The first-order valence-electron chi connectivity index (χ1n) is 10.3. The molecule has 26 heavy (non-hydrogen) atoms. The predicted octanol–water partition coefficient (Wildman–Crippen LogP) is 8.29. The minimum Gasteiger partial charge on any atom is -0.171 e. The zero-order chi connectivity index (χ0) is 18.8. The van der Waals surface area contributed by atoms with Crippen molar-refractivity contribution in [2.24, 2.45) is 5.92 Å². The summed E-state index contributed by atoms with van der Waals surface area (Å²) >= 11 is 0. The van der Waals surface area contributed by atoms with E-state index in [1.807, 2.05) is 12.1 Å². The molecule has 0 bridgehead atoms. The van der Waals surface area contributed by atoms with Crippen molar-refractivity contribution in [1.82, 2.24) is 0 Å². The van der Waals surface area contributed by atoms with Crippen LogP contribution in [0.25, 0.3) is 6.08 Å². The average molecular weight is 367 g/mol. The number of halogens is 3. The van der Waals surface area contributed by atoms with Gasteiger partial charge in [-0.15, -0.1) is 0 Å². The normalized spacial score (nSPS) is 21.4. The summed E-state index contributed by atoms with van der Waals surface area (Å²) in [5.41, 5.74) is 2.38. The number of unbranched alkanes of at least 4 members (excludes halogenated alkanes) is 3. The first-order valence-corrected chi connectivity index (χ1v) is 10.3. The standard InChI is InChI=1S/C23H33F3/c1-2-3-4-5-8-19-10-14-21(15-11-19)22-16-12-20(13-17-22)9-6-7-18-23(24,25)26/h6,9,12-13,16-17,19,21H,2-5,7-8,10-11,14-15,18H2,1H3/b9-6+. The highest BCUT2D eigenvalue weighted by atomic mass is 19.4. The van der Waals surface area contributed by atoms with E-state index < -0.39 is 12.6 Å². The Bertz CT molecular complexity index is 519. The van der Waals surface area contributed by atoms with Gasteiger partial charge in [0.05, 0.1) is 0 Å². The van der Waals surface area contributed by atoms with Crippen molar-refractivity contribution in [3.63, 3.8) is 0 Å². The summed E-state index contributed by atoms with van der Waals surface area (Å²) in [5, 5.41) is 0. The number of allylic oxidation sites excluding steroid dienone is 1. The molecule has 0 saturated heterocycles. The van der Waals surface area contributed by atoms with E-state index >= 15 is 0 Å². The van der Waals surface area contributed by atoms with Gasteiger partial charge in [-0.1, -0.05) is 75.4 Å². The first kappa shape index (κ1) is 21.1. The number of rotatable bonds is 9. The molecule has 0 N–H and O–H groups in total. The van der Waals surface area contributed by atoms with Gasteiger partial charge in [-0.05, 0) is 55.1 Å². The molecule has 146 valence electrons. The Kier molecular flexibility index (Phi) is 8.74. The van der Waals surface area contributed by atoms with Crippen molar-refractivity contribution in [2.75, 3.05) is 0 Å². The fourth-order valence-corrected chi connectivity index (χ4v) is 3.99. The van der Waals surface area contributed by atoms with E-state index in [0.717, 1.165) is 11.5 Å². The van der Waals surface area contributed by atoms with E-state index in [1.54, 1.807) is 12.2 Å². The number of benzene rings is 1. The summed E-state index contributed by atoms with van der Waals surface area (Å²) in [4.78, 5) is 0. The molecule has 0 heterocycles. The third-order valence-corrected chi connectivity index (χ3v) is 5.63. The summed E-state index contributed by atoms with van der Waals surface area (Å²) in [7, 11) is 0. The van der Waals surface area contributed by atoms with Gasteiger partial charge < -0.3 is 0 Å². The summed E-state index contributed by atoms with van der Waals surface area (Å²) in [6.45, 7) is 2.26. The van der Waals surface area contributed by atoms with E-state index in [0.29, 0.717) is 5.92 Å². The van der Waals surface area contributed by atoms with Gasteiger partial charge in [0.15, 0.2) is 0 Å². The molecule has 0 aliphatic heterocycles. The van der Waals surface area contributed by atoms with Crippen LogP contribution in [-0.4, -0.2) is 6.18 Å². The third kappa shape index (κ3) is 7.97. The minimum absolute atomic E-state index is 0.0491. The van der Waals surface area contributed by atoms with Crippen molar-refractivity contribution in [3.05, 3.63) is 41.5 Å². The maximum atomic E-state index is 12.1. The molecule has 0 radical (unpaired) electrons. The van der Waals surface area contributed by atoms with Gasteiger partial charge in [0.25, 0.3) is 0 Å². The van der Waals surface area contributed by atoms with E-state index in [4.69, 9.17) is 0 Å². The van der Waals surface area contributed by atoms with Gasteiger partial charge in [0.1, 0.15) is 0 Å². The van der Waals surface area contributed by atoms with Crippen LogP contribution in [-0.2, 0) is 0 Å². The second kappa shape index (κ2) is 10.8. The zero-order valence-electron chi connectivity index (χ0n) is 16.0. The molecule has 2 rings (SSSR count). The van der Waals surface area contributed by atoms with Gasteiger partial charge >= 0.3 is 6.18 Å². The Morgan fingerprint density at radius 2 is 1.65 bits per heavy atom. The van der Waals surface area contributed by atoms with Gasteiger partial charge in [-0.25, -0.2) is 0 Å². The van der Waals surface area contributed by atoms with E-state index in [2.05, 4.69) is 19.1 Å². The quantitative estimate of drug-likeness (QED) is 0.386. The molecule has 1 fully saturated rings. The van der Waals surface area contributed by atoms with Crippen molar-refractivity contribution >= 4 is 6.08 Å². The lowest BCUT2D eigenvalue weighted by Crippen LogP contribution is -2.13. The topological polar surface area (TPSA) is 0 Å². The molecule has 1 aromatic carbocycles. The van der Waals surface area contributed by atoms with Crippen LogP contribution in [0.5, 0.6) is 0 Å². The number of alkyl halides is 3. The molecule has 1 aromatic rings. The highest BCUT2D eigenvalue weighted by molar-refractivity contribution is 5.49. The lowest BCUT2D eigenvalue weighted by molar-refractivity contribution is -0.133. The molecule has 1 aliphatic rings. The van der Waals surface area contributed by atoms with Crippen LogP contribution < -0.4 is 0 Å². The molecule has 0 nitrogen and oxygen atoms in total. The third-order valence-electron chi connectivity index (χ3n) is 5.63. The lowest BCUT2D eigenvalue weighted by atomic mass is 9.77. The summed E-state index contributed by atoms with van der Waals surface area (Å²) < 4.78 is 36.4. The van der Waals surface area contributed by atoms with Gasteiger partial charge in [-0.3, -0.25) is 0 Å². The Morgan fingerprint density at radius 3 is 2.27 bits per heavy atom. The van der Waals surface area contributed by atoms with Crippen LogP contribution in [0.1, 0.15) is 94.6 Å². The maximum absolute atomic E-state index is 12.1. The Balaban J connectivity index is 1.73. The van der Waals surface area contributed by atoms with Gasteiger partial charge in [0, 0.05) is 6.42 Å². The molecule has 0 aromatic heterocycles. The number of hydrogen-bond donors (Lipinski definition) is 0. The maximum Gasteiger partial charge on any atom is 0.389 e. The zero-order valence-corrected chi connectivity index (χ0v) is 16.0. The lowest BCUT2D eigenvalue weighted by Gasteiger charge is -2.29. The average Bonchev–Trinajstić information content (AvgIpc) is 2.63.